The Balaban J connectivity index is 1.60. The first-order valence-corrected chi connectivity index (χ1v) is 7.53. The molecular formula is C17H22FNO. The predicted molar refractivity (Wildman–Crippen MR) is 76.8 cm³/mol. The van der Waals surface area contributed by atoms with Crippen LogP contribution in [0, 0.1) is 29.0 Å². The van der Waals surface area contributed by atoms with Gasteiger partial charge in [0.1, 0.15) is 5.82 Å². The fourth-order valence-electron chi connectivity index (χ4n) is 4.17. The van der Waals surface area contributed by atoms with Gasteiger partial charge in [0, 0.05) is 6.54 Å². The van der Waals surface area contributed by atoms with E-state index in [-0.39, 0.29) is 11.5 Å². The average molecular weight is 275 g/mol. The minimum absolute atomic E-state index is 0.147. The lowest BCUT2D eigenvalue weighted by Gasteiger charge is -2.60. The summed E-state index contributed by atoms with van der Waals surface area (Å²) in [7, 11) is 0. The molecule has 0 aliphatic heterocycles. The molecule has 0 saturated heterocycles. The Morgan fingerprint density at radius 2 is 2.10 bits per heavy atom. The minimum atomic E-state index is -0.447. The van der Waals surface area contributed by atoms with E-state index in [9.17, 15) is 9.18 Å². The van der Waals surface area contributed by atoms with Crippen molar-refractivity contribution in [2.24, 2.45) is 23.2 Å². The van der Waals surface area contributed by atoms with Crippen molar-refractivity contribution in [2.75, 3.05) is 6.54 Å². The van der Waals surface area contributed by atoms with Gasteiger partial charge in [-0.1, -0.05) is 26.0 Å². The van der Waals surface area contributed by atoms with E-state index in [1.807, 2.05) is 0 Å². The second-order valence-electron chi connectivity index (χ2n) is 6.89. The lowest BCUT2D eigenvalue weighted by atomic mass is 9.45. The van der Waals surface area contributed by atoms with Gasteiger partial charge >= 0.3 is 0 Å². The number of amides is 1. The van der Waals surface area contributed by atoms with Crippen molar-refractivity contribution in [3.05, 3.63) is 35.6 Å². The van der Waals surface area contributed by atoms with Crippen LogP contribution in [0.1, 0.15) is 43.5 Å². The molecule has 20 heavy (non-hydrogen) atoms. The van der Waals surface area contributed by atoms with Crippen molar-refractivity contribution in [1.82, 2.24) is 5.32 Å². The van der Waals surface area contributed by atoms with Crippen LogP contribution in [-0.2, 0) is 0 Å². The number of fused-ring (bicyclic) bond motifs is 2. The summed E-state index contributed by atoms with van der Waals surface area (Å²) in [5.74, 6) is 1.39. The Morgan fingerprint density at radius 3 is 2.75 bits per heavy atom. The lowest BCUT2D eigenvalue weighted by molar-refractivity contribution is -0.103. The summed E-state index contributed by atoms with van der Waals surface area (Å²) in [4.78, 5) is 12.0. The first-order chi connectivity index (χ1) is 9.50. The number of rotatable bonds is 3. The van der Waals surface area contributed by atoms with Crippen LogP contribution < -0.4 is 5.32 Å². The van der Waals surface area contributed by atoms with E-state index in [2.05, 4.69) is 19.2 Å². The molecule has 1 amide bonds. The number of hydrogen-bond donors (Lipinski definition) is 1. The molecule has 0 aromatic heterocycles. The topological polar surface area (TPSA) is 29.1 Å². The predicted octanol–water partition coefficient (Wildman–Crippen LogP) is 3.63. The van der Waals surface area contributed by atoms with Gasteiger partial charge in [-0.2, -0.15) is 0 Å². The third-order valence-corrected chi connectivity index (χ3v) is 5.64. The van der Waals surface area contributed by atoms with E-state index in [1.54, 1.807) is 12.1 Å². The van der Waals surface area contributed by atoms with Crippen LogP contribution >= 0.6 is 0 Å². The Hall–Kier alpha value is -1.38. The number of carbonyl (C=O) groups is 1. The Morgan fingerprint density at radius 1 is 1.35 bits per heavy atom. The molecule has 0 spiro atoms. The maximum Gasteiger partial charge on any atom is 0.254 e. The van der Waals surface area contributed by atoms with Crippen molar-refractivity contribution < 1.29 is 9.18 Å². The molecule has 2 nitrogen and oxygen atoms in total. The monoisotopic (exact) mass is 275 g/mol. The maximum atomic E-state index is 13.6. The summed E-state index contributed by atoms with van der Waals surface area (Å²) in [5.41, 5.74) is 0.570. The van der Waals surface area contributed by atoms with Crippen molar-refractivity contribution in [1.29, 1.82) is 0 Å². The standard InChI is InChI=1S/C17H22FNO/c1-17(2)12-8-7-11(14(17)9-12)10-19-16(20)13-5-3-4-6-15(13)18/h3-6,11-12,14H,7-10H2,1-2H3,(H,19,20)/t11-,12-,14-/m0/s1. The van der Waals surface area contributed by atoms with Gasteiger partial charge in [0.25, 0.3) is 5.91 Å². The van der Waals surface area contributed by atoms with E-state index < -0.39 is 5.82 Å². The van der Waals surface area contributed by atoms with Crippen LogP contribution in [0.4, 0.5) is 4.39 Å². The molecule has 3 saturated carbocycles. The Bertz CT molecular complexity index is 523. The molecule has 108 valence electrons. The van der Waals surface area contributed by atoms with E-state index in [0.29, 0.717) is 23.8 Å². The molecule has 0 radical (unpaired) electrons. The number of benzene rings is 1. The normalized spacial score (nSPS) is 30.4. The molecule has 3 aliphatic rings. The molecule has 0 unspecified atom stereocenters. The summed E-state index contributed by atoms with van der Waals surface area (Å²) < 4.78 is 13.6. The van der Waals surface area contributed by atoms with E-state index in [0.717, 1.165) is 5.92 Å². The summed E-state index contributed by atoms with van der Waals surface area (Å²) in [6, 6.07) is 6.16. The van der Waals surface area contributed by atoms with Crippen molar-refractivity contribution in [3.8, 4) is 0 Å². The van der Waals surface area contributed by atoms with Gasteiger partial charge in [-0.05, 0) is 54.6 Å². The third-order valence-electron chi connectivity index (χ3n) is 5.64. The van der Waals surface area contributed by atoms with Gasteiger partial charge in [-0.15, -0.1) is 0 Å². The second-order valence-corrected chi connectivity index (χ2v) is 6.89. The molecular weight excluding hydrogens is 253 g/mol. The van der Waals surface area contributed by atoms with Crippen LogP contribution in [0.3, 0.4) is 0 Å². The van der Waals surface area contributed by atoms with Crippen LogP contribution in [0.5, 0.6) is 0 Å². The van der Waals surface area contributed by atoms with Crippen molar-refractivity contribution >= 4 is 5.91 Å². The molecule has 2 bridgehead atoms. The molecule has 3 atom stereocenters. The van der Waals surface area contributed by atoms with Crippen LogP contribution in [0.15, 0.2) is 24.3 Å². The van der Waals surface area contributed by atoms with Gasteiger partial charge in [0.2, 0.25) is 0 Å². The fraction of sp³-hybridized carbons (Fsp3) is 0.588. The van der Waals surface area contributed by atoms with Gasteiger partial charge < -0.3 is 5.32 Å². The van der Waals surface area contributed by atoms with Crippen LogP contribution in [0.2, 0.25) is 0 Å². The first kappa shape index (κ1) is 13.6. The quantitative estimate of drug-likeness (QED) is 0.896. The average Bonchev–Trinajstić information content (AvgIpc) is 2.45. The SMILES string of the molecule is CC1(C)[C@H]2CC[C@@H](CNC(=O)c3ccccc3F)[C@@H]1C2. The van der Waals surface area contributed by atoms with Crippen LogP contribution in [-0.4, -0.2) is 12.5 Å². The number of carbonyl (C=O) groups excluding carboxylic acids is 1. The summed E-state index contributed by atoms with van der Waals surface area (Å²) in [5, 5.41) is 2.92. The van der Waals surface area contributed by atoms with Gasteiger partial charge in [-0.25, -0.2) is 4.39 Å². The smallest absolute Gasteiger partial charge is 0.254 e. The number of nitrogens with one attached hydrogen (secondary N) is 1. The summed E-state index contributed by atoms with van der Waals surface area (Å²) in [6.07, 6.45) is 3.76. The third kappa shape index (κ3) is 2.13. The Labute approximate surface area is 119 Å². The summed E-state index contributed by atoms with van der Waals surface area (Å²) >= 11 is 0. The van der Waals surface area contributed by atoms with Gasteiger partial charge in [0.15, 0.2) is 0 Å². The van der Waals surface area contributed by atoms with Gasteiger partial charge in [0.05, 0.1) is 5.56 Å². The Kier molecular flexibility index (Phi) is 3.31. The molecule has 4 rings (SSSR count). The minimum Gasteiger partial charge on any atom is -0.352 e. The largest absolute Gasteiger partial charge is 0.352 e. The lowest BCUT2D eigenvalue weighted by Crippen LogP contribution is -2.54. The van der Waals surface area contributed by atoms with Crippen molar-refractivity contribution in [3.63, 3.8) is 0 Å². The van der Waals surface area contributed by atoms with E-state index in [1.165, 1.54) is 31.4 Å². The van der Waals surface area contributed by atoms with E-state index >= 15 is 0 Å². The first-order valence-electron chi connectivity index (χ1n) is 7.53. The number of halogens is 1. The zero-order valence-electron chi connectivity index (χ0n) is 12.2. The van der Waals surface area contributed by atoms with E-state index in [4.69, 9.17) is 0 Å². The molecule has 3 heteroatoms. The highest BCUT2D eigenvalue weighted by molar-refractivity contribution is 5.94. The second kappa shape index (κ2) is 4.87. The zero-order chi connectivity index (χ0) is 14.3. The maximum absolute atomic E-state index is 13.6. The molecule has 1 aromatic carbocycles. The fourth-order valence-corrected chi connectivity index (χ4v) is 4.17. The van der Waals surface area contributed by atoms with Crippen molar-refractivity contribution in [2.45, 2.75) is 33.1 Å². The molecule has 3 fully saturated rings. The molecule has 1 aromatic rings. The molecule has 3 aliphatic carbocycles. The molecule has 1 N–H and O–H groups in total. The highest BCUT2D eigenvalue weighted by Gasteiger charge is 2.53. The highest BCUT2D eigenvalue weighted by Crippen LogP contribution is 2.61. The highest BCUT2D eigenvalue weighted by atomic mass is 19.1. The zero-order valence-corrected chi connectivity index (χ0v) is 12.2. The summed E-state index contributed by atoms with van der Waals surface area (Å²) in [6.45, 7) is 5.36. The van der Waals surface area contributed by atoms with Crippen LogP contribution in [0.25, 0.3) is 0 Å². The molecule has 0 heterocycles. The number of hydrogen-bond acceptors (Lipinski definition) is 1. The van der Waals surface area contributed by atoms with Gasteiger partial charge in [-0.3, -0.25) is 4.79 Å².